The molecule has 6 heteroatoms. The monoisotopic (exact) mass is 301 g/mol. The van der Waals surface area contributed by atoms with Crippen molar-refractivity contribution in [1.82, 2.24) is 0 Å². The molecular weight excluding hydrogens is 292 g/mol. The fourth-order valence-corrected chi connectivity index (χ4v) is 2.99. The summed E-state index contributed by atoms with van der Waals surface area (Å²) in [7, 11) is 0. The minimum Gasteiger partial charge on any atom is -0.417 e. The van der Waals surface area contributed by atoms with E-state index < -0.39 is 6.87 Å². The Hall–Kier alpha value is -1.15. The quantitative estimate of drug-likeness (QED) is 0.791. The summed E-state index contributed by atoms with van der Waals surface area (Å²) in [5, 5.41) is 2.99. The van der Waals surface area contributed by atoms with Crippen LogP contribution < -0.4 is 9.61 Å². The highest BCUT2D eigenvalue weighted by molar-refractivity contribution is 7.86. The van der Waals surface area contributed by atoms with Crippen LogP contribution in [0.25, 0.3) is 0 Å². The summed E-state index contributed by atoms with van der Waals surface area (Å²) < 4.78 is 17.3. The molecule has 0 saturated heterocycles. The summed E-state index contributed by atoms with van der Waals surface area (Å²) in [5.74, 6) is 0.279. The molecule has 0 fully saturated rings. The number of rotatable bonds is 4. The Morgan fingerprint density at radius 3 is 2.28 bits per heavy atom. The van der Waals surface area contributed by atoms with Crippen LogP contribution in [0.5, 0.6) is 5.75 Å². The largest absolute Gasteiger partial charge is 0.435 e. The van der Waals surface area contributed by atoms with Crippen molar-refractivity contribution in [2.75, 3.05) is 5.09 Å². The SMILES string of the molecule is O=P(Cl)(Nc1ccccc1)Oc1ccccc1Cl. The molecule has 0 amide bonds. The summed E-state index contributed by atoms with van der Waals surface area (Å²) in [6, 6.07) is 15.6. The predicted octanol–water partition coefficient (Wildman–Crippen LogP) is 5.18. The number of halogens is 2. The molecular formula is C12H10Cl2NO2P. The second-order valence-electron chi connectivity index (χ2n) is 3.48. The molecule has 0 saturated carbocycles. The van der Waals surface area contributed by atoms with E-state index in [9.17, 15) is 4.57 Å². The lowest BCUT2D eigenvalue weighted by Crippen LogP contribution is -1.98. The summed E-state index contributed by atoms with van der Waals surface area (Å²) in [6.45, 7) is -3.53. The lowest BCUT2D eigenvalue weighted by atomic mass is 10.3. The van der Waals surface area contributed by atoms with E-state index in [2.05, 4.69) is 5.09 Å². The first-order valence-electron chi connectivity index (χ1n) is 5.14. The molecule has 0 spiro atoms. The molecule has 1 unspecified atom stereocenters. The van der Waals surface area contributed by atoms with Gasteiger partial charge in [0.25, 0.3) is 0 Å². The van der Waals surface area contributed by atoms with Gasteiger partial charge in [0, 0.05) is 16.9 Å². The Labute approximate surface area is 115 Å². The Balaban J connectivity index is 2.13. The Morgan fingerprint density at radius 2 is 1.61 bits per heavy atom. The van der Waals surface area contributed by atoms with E-state index in [1.54, 1.807) is 48.5 Å². The normalized spacial score (nSPS) is 13.7. The van der Waals surface area contributed by atoms with Gasteiger partial charge in [0.2, 0.25) is 0 Å². The van der Waals surface area contributed by atoms with Crippen molar-refractivity contribution < 1.29 is 9.09 Å². The van der Waals surface area contributed by atoms with Crippen molar-refractivity contribution in [3.63, 3.8) is 0 Å². The van der Waals surface area contributed by atoms with Gasteiger partial charge in [0.15, 0.2) is 0 Å². The minimum absolute atomic E-state index is 0.279. The number of para-hydroxylation sites is 2. The molecule has 0 aliphatic rings. The van der Waals surface area contributed by atoms with Gasteiger partial charge < -0.3 is 4.52 Å². The third kappa shape index (κ3) is 3.67. The topological polar surface area (TPSA) is 38.3 Å². The molecule has 0 aliphatic carbocycles. The molecule has 2 aromatic carbocycles. The maximum Gasteiger partial charge on any atom is 0.435 e. The number of benzene rings is 2. The molecule has 2 aromatic rings. The molecule has 1 N–H and O–H groups in total. The van der Waals surface area contributed by atoms with Gasteiger partial charge in [-0.1, -0.05) is 41.9 Å². The van der Waals surface area contributed by atoms with E-state index in [-0.39, 0.29) is 5.75 Å². The van der Waals surface area contributed by atoms with E-state index in [1.165, 1.54) is 0 Å². The molecule has 94 valence electrons. The highest BCUT2D eigenvalue weighted by atomic mass is 35.7. The van der Waals surface area contributed by atoms with Crippen LogP contribution in [-0.4, -0.2) is 0 Å². The van der Waals surface area contributed by atoms with Crippen LogP contribution in [0, 0.1) is 0 Å². The molecule has 0 aromatic heterocycles. The standard InChI is InChI=1S/C12H10Cl2NO2P/c13-11-8-4-5-9-12(11)17-18(14,16)15-10-6-2-1-3-7-10/h1-9H,(H,15,16). The number of hydrogen-bond donors (Lipinski definition) is 1. The van der Waals surface area contributed by atoms with Crippen LogP contribution in [0.1, 0.15) is 0 Å². The van der Waals surface area contributed by atoms with Crippen molar-refractivity contribution in [2.24, 2.45) is 0 Å². The van der Waals surface area contributed by atoms with Crippen molar-refractivity contribution in [1.29, 1.82) is 0 Å². The fourth-order valence-electron chi connectivity index (χ4n) is 1.33. The molecule has 18 heavy (non-hydrogen) atoms. The van der Waals surface area contributed by atoms with Crippen molar-refractivity contribution >= 4 is 35.4 Å². The van der Waals surface area contributed by atoms with Gasteiger partial charge in [0.05, 0.1) is 5.02 Å². The summed E-state index contributed by atoms with van der Waals surface area (Å²) in [5.41, 5.74) is 0.614. The first-order chi connectivity index (χ1) is 8.57. The van der Waals surface area contributed by atoms with Gasteiger partial charge in [0.1, 0.15) is 5.75 Å². The zero-order valence-electron chi connectivity index (χ0n) is 9.22. The number of anilines is 1. The van der Waals surface area contributed by atoms with Gasteiger partial charge in [-0.2, -0.15) is 0 Å². The Bertz CT molecular complexity index is 577. The van der Waals surface area contributed by atoms with Gasteiger partial charge in [-0.25, -0.2) is 4.57 Å². The number of hydrogen-bond acceptors (Lipinski definition) is 2. The van der Waals surface area contributed by atoms with Crippen LogP contribution in [0.3, 0.4) is 0 Å². The molecule has 2 rings (SSSR count). The Morgan fingerprint density at radius 1 is 1.00 bits per heavy atom. The second-order valence-corrected chi connectivity index (χ2v) is 6.59. The van der Waals surface area contributed by atoms with E-state index in [4.69, 9.17) is 27.4 Å². The first-order valence-corrected chi connectivity index (χ1v) is 8.05. The smallest absolute Gasteiger partial charge is 0.417 e. The zero-order valence-corrected chi connectivity index (χ0v) is 11.6. The third-order valence-electron chi connectivity index (χ3n) is 2.09. The number of nitrogens with one attached hydrogen (secondary N) is 1. The Kier molecular flexibility index (Phi) is 4.18. The van der Waals surface area contributed by atoms with Gasteiger partial charge in [-0.05, 0) is 24.3 Å². The average Bonchev–Trinajstić information content (AvgIpc) is 2.32. The summed E-state index contributed by atoms with van der Waals surface area (Å²) in [6.07, 6.45) is 0. The van der Waals surface area contributed by atoms with Gasteiger partial charge in [-0.15, -0.1) is 0 Å². The van der Waals surface area contributed by atoms with Gasteiger partial charge >= 0.3 is 6.87 Å². The van der Waals surface area contributed by atoms with E-state index >= 15 is 0 Å². The molecule has 1 atom stereocenters. The molecule has 0 bridgehead atoms. The van der Waals surface area contributed by atoms with E-state index in [1.807, 2.05) is 6.07 Å². The molecule has 3 nitrogen and oxygen atoms in total. The van der Waals surface area contributed by atoms with Crippen molar-refractivity contribution in [3.05, 3.63) is 59.6 Å². The van der Waals surface area contributed by atoms with Crippen LogP contribution in [0.4, 0.5) is 5.69 Å². The summed E-state index contributed by atoms with van der Waals surface area (Å²) >= 11 is 11.7. The van der Waals surface area contributed by atoms with Crippen LogP contribution in [0.2, 0.25) is 5.02 Å². The van der Waals surface area contributed by atoms with E-state index in [0.29, 0.717) is 10.7 Å². The molecule has 0 radical (unpaired) electrons. The highest BCUT2D eigenvalue weighted by Crippen LogP contribution is 2.52. The van der Waals surface area contributed by atoms with Crippen LogP contribution in [-0.2, 0) is 4.57 Å². The predicted molar refractivity (Wildman–Crippen MR) is 75.6 cm³/mol. The zero-order chi connectivity index (χ0) is 13.0. The lowest BCUT2D eigenvalue weighted by molar-refractivity contribution is 0.503. The minimum atomic E-state index is -3.53. The van der Waals surface area contributed by atoms with Crippen molar-refractivity contribution in [2.45, 2.75) is 0 Å². The molecule has 0 heterocycles. The van der Waals surface area contributed by atoms with Crippen LogP contribution >= 0.6 is 29.7 Å². The lowest BCUT2D eigenvalue weighted by Gasteiger charge is -2.15. The maximum absolute atomic E-state index is 12.1. The third-order valence-corrected chi connectivity index (χ3v) is 3.82. The molecule has 0 aliphatic heterocycles. The maximum atomic E-state index is 12.1. The highest BCUT2D eigenvalue weighted by Gasteiger charge is 2.22. The van der Waals surface area contributed by atoms with Gasteiger partial charge in [-0.3, -0.25) is 5.09 Å². The summed E-state index contributed by atoms with van der Waals surface area (Å²) in [4.78, 5) is 0. The first kappa shape index (κ1) is 13.3. The average molecular weight is 302 g/mol. The second kappa shape index (κ2) is 5.66. The fraction of sp³-hybridized carbons (Fsp3) is 0. The van der Waals surface area contributed by atoms with Crippen molar-refractivity contribution in [3.8, 4) is 5.75 Å². The van der Waals surface area contributed by atoms with E-state index in [0.717, 1.165) is 0 Å². The van der Waals surface area contributed by atoms with Crippen LogP contribution in [0.15, 0.2) is 54.6 Å².